The van der Waals surface area contributed by atoms with Crippen molar-refractivity contribution in [2.45, 2.75) is 19.6 Å². The van der Waals surface area contributed by atoms with Gasteiger partial charge in [-0.05, 0) is 12.1 Å². The Labute approximate surface area is 171 Å². The molecule has 29 heavy (non-hydrogen) atoms. The van der Waals surface area contributed by atoms with E-state index in [0.717, 1.165) is 5.76 Å². The van der Waals surface area contributed by atoms with Crippen molar-refractivity contribution in [1.29, 1.82) is 0 Å². The van der Waals surface area contributed by atoms with Crippen molar-refractivity contribution in [2.24, 2.45) is 0 Å². The highest BCUT2D eigenvalue weighted by molar-refractivity contribution is 7.15. The van der Waals surface area contributed by atoms with Gasteiger partial charge in [0.05, 0.1) is 24.2 Å². The molecule has 0 aliphatic rings. The second kappa shape index (κ2) is 7.39. The molecule has 0 aliphatic heterocycles. The zero-order valence-electron chi connectivity index (χ0n) is 15.1. The van der Waals surface area contributed by atoms with Crippen LogP contribution in [0.2, 0.25) is 0 Å². The summed E-state index contributed by atoms with van der Waals surface area (Å²) in [5, 5.41) is 3.67. The molecule has 0 saturated heterocycles. The predicted octanol–water partition coefficient (Wildman–Crippen LogP) is 2.62. The molecule has 146 valence electrons. The zero-order valence-corrected chi connectivity index (χ0v) is 16.7. The van der Waals surface area contributed by atoms with Crippen molar-refractivity contribution >= 4 is 32.6 Å². The first-order valence-electron chi connectivity index (χ1n) is 8.82. The highest BCUT2D eigenvalue weighted by Gasteiger charge is 2.14. The second-order valence-electron chi connectivity index (χ2n) is 6.51. The molecule has 10 heteroatoms. The van der Waals surface area contributed by atoms with E-state index in [-0.39, 0.29) is 11.1 Å². The predicted molar refractivity (Wildman–Crippen MR) is 110 cm³/mol. The fourth-order valence-electron chi connectivity index (χ4n) is 3.19. The molecular weight excluding hydrogens is 410 g/mol. The number of hydrogen-bond donors (Lipinski definition) is 0. The molecule has 0 aliphatic carbocycles. The van der Waals surface area contributed by atoms with Crippen molar-refractivity contribution in [3.8, 4) is 0 Å². The summed E-state index contributed by atoms with van der Waals surface area (Å²) in [7, 11) is 0. The summed E-state index contributed by atoms with van der Waals surface area (Å²) in [4.78, 5) is 37.2. The summed E-state index contributed by atoms with van der Waals surface area (Å²) in [5.74, 6) is 0.785. The van der Waals surface area contributed by atoms with E-state index in [1.54, 1.807) is 30.8 Å². The molecule has 0 saturated carbocycles. The molecule has 0 fully saturated rings. The van der Waals surface area contributed by atoms with Crippen molar-refractivity contribution in [1.82, 2.24) is 23.7 Å². The third-order valence-corrected chi connectivity index (χ3v) is 5.96. The first-order valence-corrected chi connectivity index (χ1v) is 10.6. The number of aromatic nitrogens is 4. The Morgan fingerprint density at radius 1 is 0.897 bits per heavy atom. The lowest BCUT2D eigenvalue weighted by Crippen LogP contribution is -2.26. The fraction of sp³-hybridized carbons (Fsp3) is 0.158. The van der Waals surface area contributed by atoms with Crippen LogP contribution in [0, 0.1) is 0 Å². The first kappa shape index (κ1) is 18.0. The van der Waals surface area contributed by atoms with E-state index in [9.17, 15) is 9.59 Å². The zero-order chi connectivity index (χ0) is 19.8. The van der Waals surface area contributed by atoms with E-state index >= 15 is 0 Å². The Morgan fingerprint density at radius 3 is 2.00 bits per heavy atom. The van der Waals surface area contributed by atoms with Crippen LogP contribution in [0.15, 0.2) is 67.7 Å². The summed E-state index contributed by atoms with van der Waals surface area (Å²) in [6.45, 7) is 1.36. The van der Waals surface area contributed by atoms with Crippen LogP contribution in [0.25, 0.3) is 9.92 Å². The van der Waals surface area contributed by atoms with Gasteiger partial charge in [-0.3, -0.25) is 23.3 Å². The summed E-state index contributed by atoms with van der Waals surface area (Å²) in [5.41, 5.74) is 1.11. The molecule has 0 spiro atoms. The maximum absolute atomic E-state index is 12.3. The molecule has 0 unspecified atom stereocenters. The molecule has 5 rings (SSSR count). The molecule has 5 heterocycles. The molecule has 0 N–H and O–H groups in total. The minimum Gasteiger partial charge on any atom is -0.468 e. The minimum atomic E-state index is -0.111. The van der Waals surface area contributed by atoms with Gasteiger partial charge in [-0.2, -0.15) is 0 Å². The van der Waals surface area contributed by atoms with Crippen LogP contribution in [0.1, 0.15) is 17.1 Å². The number of thiazole rings is 2. The molecular formula is C19H15N5O3S2. The summed E-state index contributed by atoms with van der Waals surface area (Å²) in [6, 6.07) is 6.81. The average Bonchev–Trinajstić information content (AvgIpc) is 3.42. The van der Waals surface area contributed by atoms with Gasteiger partial charge in [-0.1, -0.05) is 0 Å². The summed E-state index contributed by atoms with van der Waals surface area (Å²) in [6.07, 6.45) is 5.05. The molecule has 0 atom stereocenters. The third-order valence-electron chi connectivity index (χ3n) is 4.44. The van der Waals surface area contributed by atoms with Crippen LogP contribution < -0.4 is 11.1 Å². The number of hydrogen-bond acceptors (Lipinski definition) is 8. The molecule has 8 nitrogen and oxygen atoms in total. The Balaban J connectivity index is 1.48. The highest BCUT2D eigenvalue weighted by Crippen LogP contribution is 2.15. The van der Waals surface area contributed by atoms with Crippen LogP contribution in [0.5, 0.6) is 0 Å². The van der Waals surface area contributed by atoms with Gasteiger partial charge in [0.15, 0.2) is 9.92 Å². The lowest BCUT2D eigenvalue weighted by atomic mass is 10.3. The monoisotopic (exact) mass is 425 g/mol. The van der Waals surface area contributed by atoms with E-state index in [4.69, 9.17) is 4.42 Å². The largest absolute Gasteiger partial charge is 0.468 e. The maximum Gasteiger partial charge on any atom is 0.258 e. The van der Waals surface area contributed by atoms with Gasteiger partial charge in [0.1, 0.15) is 5.76 Å². The van der Waals surface area contributed by atoms with Crippen molar-refractivity contribution in [2.75, 3.05) is 0 Å². The molecule has 0 aromatic carbocycles. The number of fused-ring (bicyclic) bond motifs is 2. The third kappa shape index (κ3) is 3.65. The Bertz CT molecular complexity index is 1310. The Morgan fingerprint density at radius 2 is 1.48 bits per heavy atom. The van der Waals surface area contributed by atoms with Crippen molar-refractivity contribution < 1.29 is 4.42 Å². The number of nitrogens with zero attached hydrogens (tertiary/aromatic N) is 5. The number of furan rings is 1. The lowest BCUT2D eigenvalue weighted by Gasteiger charge is -2.20. The van der Waals surface area contributed by atoms with Crippen molar-refractivity contribution in [3.05, 3.63) is 91.5 Å². The SMILES string of the molecule is O=c1cc(CN(Cc2cc(=O)n3ccsc3n2)Cc2ccco2)nc2sccn12. The molecule has 0 radical (unpaired) electrons. The smallest absolute Gasteiger partial charge is 0.258 e. The second-order valence-corrected chi connectivity index (χ2v) is 8.25. The van der Waals surface area contributed by atoms with Crippen LogP contribution in [-0.2, 0) is 19.6 Å². The van der Waals surface area contributed by atoms with E-state index in [1.165, 1.54) is 31.5 Å². The molecule has 0 amide bonds. The normalized spacial score (nSPS) is 11.8. The fourth-order valence-corrected chi connectivity index (χ4v) is 4.66. The van der Waals surface area contributed by atoms with Gasteiger partial charge in [0, 0.05) is 48.4 Å². The number of rotatable bonds is 6. The lowest BCUT2D eigenvalue weighted by molar-refractivity contribution is 0.222. The van der Waals surface area contributed by atoms with Gasteiger partial charge in [0.2, 0.25) is 0 Å². The van der Waals surface area contributed by atoms with E-state index in [0.29, 0.717) is 40.9 Å². The standard InChI is InChI=1S/C19H15N5O3S2/c25-16-8-13(20-18-23(16)3-6-28-18)10-22(12-15-2-1-5-27-15)11-14-9-17(26)24-4-7-29-19(24)21-14/h1-9H,10-12H2. The minimum absolute atomic E-state index is 0.111. The van der Waals surface area contributed by atoms with Crippen LogP contribution in [-0.4, -0.2) is 23.7 Å². The van der Waals surface area contributed by atoms with Crippen LogP contribution in [0.3, 0.4) is 0 Å². The summed E-state index contributed by atoms with van der Waals surface area (Å²) >= 11 is 2.83. The van der Waals surface area contributed by atoms with Gasteiger partial charge in [-0.15, -0.1) is 22.7 Å². The van der Waals surface area contributed by atoms with Gasteiger partial charge in [0.25, 0.3) is 11.1 Å². The van der Waals surface area contributed by atoms with Crippen molar-refractivity contribution in [3.63, 3.8) is 0 Å². The first-order chi connectivity index (χ1) is 14.2. The van der Waals surface area contributed by atoms with Gasteiger partial charge >= 0.3 is 0 Å². The van der Waals surface area contributed by atoms with Gasteiger partial charge in [-0.25, -0.2) is 9.97 Å². The topological polar surface area (TPSA) is 85.1 Å². The van der Waals surface area contributed by atoms with E-state index in [1.807, 2.05) is 22.9 Å². The molecule has 5 aromatic rings. The Kier molecular flexibility index (Phi) is 4.58. The molecule has 0 bridgehead atoms. The quantitative estimate of drug-likeness (QED) is 0.416. The van der Waals surface area contributed by atoms with Crippen LogP contribution >= 0.6 is 22.7 Å². The highest BCUT2D eigenvalue weighted by atomic mass is 32.1. The maximum atomic E-state index is 12.3. The van der Waals surface area contributed by atoms with E-state index in [2.05, 4.69) is 14.9 Å². The van der Waals surface area contributed by atoms with Crippen LogP contribution in [0.4, 0.5) is 0 Å². The van der Waals surface area contributed by atoms with E-state index < -0.39 is 0 Å². The summed E-state index contributed by atoms with van der Waals surface area (Å²) < 4.78 is 8.54. The molecule has 5 aromatic heterocycles. The van der Waals surface area contributed by atoms with Gasteiger partial charge < -0.3 is 4.42 Å². The average molecular weight is 425 g/mol. The Hall–Kier alpha value is -3.08.